The minimum absolute atomic E-state index is 0.242. The first kappa shape index (κ1) is 13.4. The maximum Gasteiger partial charge on any atom is 0.233 e. The van der Waals surface area contributed by atoms with Crippen molar-refractivity contribution in [1.82, 2.24) is 4.90 Å². The van der Waals surface area contributed by atoms with Gasteiger partial charge < -0.3 is 4.90 Å². The van der Waals surface area contributed by atoms with Gasteiger partial charge in [-0.25, -0.2) is 0 Å². The van der Waals surface area contributed by atoms with Crippen LogP contribution in [0.25, 0.3) is 0 Å². The Kier molecular flexibility index (Phi) is 3.62. The number of hydrogen-bond donors (Lipinski definition) is 0. The molecule has 1 fully saturated rings. The molecule has 0 aliphatic heterocycles. The first-order chi connectivity index (χ1) is 9.76. The molecule has 0 spiro atoms. The molecule has 3 rings (SSSR count). The van der Waals surface area contributed by atoms with Gasteiger partial charge in [0, 0.05) is 11.4 Å². The van der Waals surface area contributed by atoms with E-state index in [0.29, 0.717) is 5.91 Å². The Labute approximate surface area is 124 Å². The Morgan fingerprint density at radius 3 is 2.50 bits per heavy atom. The molecule has 1 aromatic carbocycles. The Balaban J connectivity index is 1.80. The van der Waals surface area contributed by atoms with E-state index in [9.17, 15) is 4.79 Å². The summed E-state index contributed by atoms with van der Waals surface area (Å²) in [5.74, 6) is 0.291. The van der Waals surface area contributed by atoms with E-state index in [1.807, 2.05) is 29.2 Å². The number of carbonyl (C=O) groups is 1. The van der Waals surface area contributed by atoms with Gasteiger partial charge in [-0.15, -0.1) is 11.3 Å². The molecular weight excluding hydrogens is 266 g/mol. The molecule has 0 atom stereocenters. The Morgan fingerprint density at radius 2 is 1.95 bits per heavy atom. The summed E-state index contributed by atoms with van der Waals surface area (Å²) in [5, 5.41) is 2.07. The SMILES string of the molecule is CCN(Cc1cccs1)C(=O)C1(c2ccccc2)CC1. The molecule has 1 heterocycles. The Morgan fingerprint density at radius 1 is 1.20 bits per heavy atom. The fourth-order valence-corrected chi connectivity index (χ4v) is 3.45. The van der Waals surface area contributed by atoms with Gasteiger partial charge in [0.15, 0.2) is 0 Å². The monoisotopic (exact) mass is 285 g/mol. The maximum absolute atomic E-state index is 12.9. The quantitative estimate of drug-likeness (QED) is 0.817. The molecule has 20 heavy (non-hydrogen) atoms. The third kappa shape index (κ3) is 2.38. The number of carbonyl (C=O) groups excluding carboxylic acids is 1. The largest absolute Gasteiger partial charge is 0.337 e. The van der Waals surface area contributed by atoms with E-state index in [0.717, 1.165) is 25.9 Å². The molecule has 0 N–H and O–H groups in total. The zero-order valence-electron chi connectivity index (χ0n) is 11.7. The van der Waals surface area contributed by atoms with Crippen LogP contribution in [0.3, 0.4) is 0 Å². The third-order valence-electron chi connectivity index (χ3n) is 4.08. The van der Waals surface area contributed by atoms with Crippen LogP contribution in [0.15, 0.2) is 47.8 Å². The molecule has 2 aromatic rings. The second kappa shape index (κ2) is 5.41. The molecule has 1 aliphatic carbocycles. The molecule has 2 nitrogen and oxygen atoms in total. The Hall–Kier alpha value is -1.61. The minimum atomic E-state index is -0.242. The van der Waals surface area contributed by atoms with Crippen molar-refractivity contribution in [3.05, 3.63) is 58.3 Å². The predicted molar refractivity (Wildman–Crippen MR) is 82.8 cm³/mol. The summed E-state index contributed by atoms with van der Waals surface area (Å²) in [5.41, 5.74) is 0.934. The highest BCUT2D eigenvalue weighted by atomic mass is 32.1. The average molecular weight is 285 g/mol. The summed E-state index contributed by atoms with van der Waals surface area (Å²) in [7, 11) is 0. The molecule has 1 saturated carbocycles. The molecule has 3 heteroatoms. The van der Waals surface area contributed by atoms with E-state index in [-0.39, 0.29) is 5.41 Å². The van der Waals surface area contributed by atoms with Crippen molar-refractivity contribution < 1.29 is 4.79 Å². The molecular formula is C17H19NOS. The van der Waals surface area contributed by atoms with Crippen molar-refractivity contribution in [2.24, 2.45) is 0 Å². The lowest BCUT2D eigenvalue weighted by molar-refractivity contribution is -0.134. The van der Waals surface area contributed by atoms with Gasteiger partial charge >= 0.3 is 0 Å². The van der Waals surface area contributed by atoms with Crippen molar-refractivity contribution in [3.8, 4) is 0 Å². The number of hydrogen-bond acceptors (Lipinski definition) is 2. The summed E-state index contributed by atoms with van der Waals surface area (Å²) < 4.78 is 0. The fourth-order valence-electron chi connectivity index (χ4n) is 2.73. The number of likely N-dealkylation sites (N-methyl/N-ethyl adjacent to an activating group) is 1. The smallest absolute Gasteiger partial charge is 0.233 e. The normalized spacial score (nSPS) is 15.8. The zero-order valence-corrected chi connectivity index (χ0v) is 12.5. The van der Waals surface area contributed by atoms with Gasteiger partial charge in [-0.2, -0.15) is 0 Å². The third-order valence-corrected chi connectivity index (χ3v) is 4.94. The van der Waals surface area contributed by atoms with Crippen LogP contribution in [0.1, 0.15) is 30.2 Å². The number of rotatable bonds is 5. The predicted octanol–water partition coefficient (Wildman–Crippen LogP) is 3.83. The summed E-state index contributed by atoms with van der Waals surface area (Å²) in [4.78, 5) is 16.2. The summed E-state index contributed by atoms with van der Waals surface area (Å²) >= 11 is 1.72. The maximum atomic E-state index is 12.9. The number of nitrogens with zero attached hydrogens (tertiary/aromatic N) is 1. The first-order valence-corrected chi connectivity index (χ1v) is 8.01. The highest BCUT2D eigenvalue weighted by Gasteiger charge is 2.52. The van der Waals surface area contributed by atoms with Crippen LogP contribution in [0.4, 0.5) is 0 Å². The van der Waals surface area contributed by atoms with Gasteiger partial charge in [0.25, 0.3) is 0 Å². The highest BCUT2D eigenvalue weighted by molar-refractivity contribution is 7.09. The van der Waals surface area contributed by atoms with E-state index in [4.69, 9.17) is 0 Å². The summed E-state index contributed by atoms with van der Waals surface area (Å²) in [6.07, 6.45) is 1.97. The van der Waals surface area contributed by atoms with Crippen LogP contribution in [-0.4, -0.2) is 17.4 Å². The lowest BCUT2D eigenvalue weighted by Crippen LogP contribution is -2.38. The van der Waals surface area contributed by atoms with Crippen molar-refractivity contribution in [3.63, 3.8) is 0 Å². The van der Waals surface area contributed by atoms with E-state index in [1.165, 1.54) is 10.4 Å². The minimum Gasteiger partial charge on any atom is -0.337 e. The van der Waals surface area contributed by atoms with E-state index in [2.05, 4.69) is 30.5 Å². The molecule has 1 aliphatic rings. The zero-order chi connectivity index (χ0) is 14.0. The molecule has 0 bridgehead atoms. The summed E-state index contributed by atoms with van der Waals surface area (Å²) in [6, 6.07) is 14.4. The van der Waals surface area contributed by atoms with Crippen LogP contribution in [-0.2, 0) is 16.8 Å². The van der Waals surface area contributed by atoms with Crippen LogP contribution < -0.4 is 0 Å². The fraction of sp³-hybridized carbons (Fsp3) is 0.353. The highest BCUT2D eigenvalue weighted by Crippen LogP contribution is 2.49. The Bertz CT molecular complexity index is 572. The van der Waals surface area contributed by atoms with Gasteiger partial charge in [-0.3, -0.25) is 4.79 Å². The lowest BCUT2D eigenvalue weighted by atomic mass is 9.94. The average Bonchev–Trinajstić information content (AvgIpc) is 3.15. The summed E-state index contributed by atoms with van der Waals surface area (Å²) in [6.45, 7) is 3.57. The lowest BCUT2D eigenvalue weighted by Gasteiger charge is -2.26. The molecule has 0 saturated heterocycles. The number of amides is 1. The molecule has 104 valence electrons. The van der Waals surface area contributed by atoms with Crippen molar-refractivity contribution >= 4 is 17.2 Å². The second-order valence-electron chi connectivity index (χ2n) is 5.35. The van der Waals surface area contributed by atoms with Gasteiger partial charge in [0.05, 0.1) is 12.0 Å². The molecule has 1 amide bonds. The van der Waals surface area contributed by atoms with Gasteiger partial charge in [0.1, 0.15) is 0 Å². The molecule has 0 radical (unpaired) electrons. The number of thiophene rings is 1. The topological polar surface area (TPSA) is 20.3 Å². The van der Waals surface area contributed by atoms with E-state index in [1.54, 1.807) is 11.3 Å². The van der Waals surface area contributed by atoms with Crippen LogP contribution in [0.5, 0.6) is 0 Å². The second-order valence-corrected chi connectivity index (χ2v) is 6.38. The van der Waals surface area contributed by atoms with E-state index < -0.39 is 0 Å². The van der Waals surface area contributed by atoms with Gasteiger partial charge in [-0.1, -0.05) is 36.4 Å². The molecule has 1 aromatic heterocycles. The van der Waals surface area contributed by atoms with Crippen LogP contribution in [0, 0.1) is 0 Å². The van der Waals surface area contributed by atoms with Crippen molar-refractivity contribution in [2.75, 3.05) is 6.54 Å². The van der Waals surface area contributed by atoms with Gasteiger partial charge in [0.2, 0.25) is 5.91 Å². The van der Waals surface area contributed by atoms with Crippen LogP contribution in [0.2, 0.25) is 0 Å². The standard InChI is InChI=1S/C17H19NOS/c1-2-18(13-15-9-6-12-20-15)16(19)17(10-11-17)14-7-4-3-5-8-14/h3-9,12H,2,10-11,13H2,1H3. The number of benzene rings is 1. The van der Waals surface area contributed by atoms with Crippen molar-refractivity contribution in [2.45, 2.75) is 31.7 Å². The van der Waals surface area contributed by atoms with Crippen LogP contribution >= 0.6 is 11.3 Å². The van der Waals surface area contributed by atoms with Gasteiger partial charge in [-0.05, 0) is 36.8 Å². The van der Waals surface area contributed by atoms with Crippen molar-refractivity contribution in [1.29, 1.82) is 0 Å². The van der Waals surface area contributed by atoms with E-state index >= 15 is 0 Å². The molecule has 0 unspecified atom stereocenters. The first-order valence-electron chi connectivity index (χ1n) is 7.13.